The first-order chi connectivity index (χ1) is 11.7. The van der Waals surface area contributed by atoms with Gasteiger partial charge in [-0.1, -0.05) is 54.1 Å². The molecular formula is C21H25Cl2NO. The highest BCUT2D eigenvalue weighted by Crippen LogP contribution is 2.38. The predicted molar refractivity (Wildman–Crippen MR) is 106 cm³/mol. The summed E-state index contributed by atoms with van der Waals surface area (Å²) in [7, 11) is 2.27. The number of piperidine rings is 1. The zero-order valence-electron chi connectivity index (χ0n) is 14.5. The van der Waals surface area contributed by atoms with Crippen LogP contribution < -0.4 is 0 Å². The van der Waals surface area contributed by atoms with Crippen molar-refractivity contribution < 1.29 is 4.74 Å². The smallest absolute Gasteiger partial charge is 0.108 e. The SMILES string of the molecule is CN1C2CCC1CC(OC(c1ccccc1)c1ccc(Cl)cc1)C2.Cl. The van der Waals surface area contributed by atoms with Crippen molar-refractivity contribution in [3.8, 4) is 0 Å². The first-order valence-corrected chi connectivity index (χ1v) is 9.26. The fraction of sp³-hybridized carbons (Fsp3) is 0.429. The largest absolute Gasteiger partial charge is 0.365 e. The molecule has 2 bridgehead atoms. The molecule has 3 atom stereocenters. The average Bonchev–Trinajstić information content (AvgIpc) is 2.83. The Balaban J connectivity index is 0.00000182. The number of halogens is 2. The lowest BCUT2D eigenvalue weighted by atomic mass is 9.97. The van der Waals surface area contributed by atoms with Crippen LogP contribution in [0.15, 0.2) is 54.6 Å². The molecule has 0 aromatic heterocycles. The molecule has 2 aromatic rings. The third-order valence-electron chi connectivity index (χ3n) is 5.66. The summed E-state index contributed by atoms with van der Waals surface area (Å²) in [6.45, 7) is 0. The topological polar surface area (TPSA) is 12.5 Å². The minimum absolute atomic E-state index is 0. The van der Waals surface area contributed by atoms with Gasteiger partial charge in [-0.15, -0.1) is 12.4 Å². The van der Waals surface area contributed by atoms with Gasteiger partial charge in [0, 0.05) is 17.1 Å². The quantitative estimate of drug-likeness (QED) is 0.697. The van der Waals surface area contributed by atoms with Crippen LogP contribution in [0.4, 0.5) is 0 Å². The molecule has 134 valence electrons. The number of rotatable bonds is 4. The zero-order chi connectivity index (χ0) is 16.5. The third-order valence-corrected chi connectivity index (χ3v) is 5.91. The van der Waals surface area contributed by atoms with Crippen LogP contribution in [0.2, 0.25) is 5.02 Å². The molecule has 3 unspecified atom stereocenters. The van der Waals surface area contributed by atoms with Gasteiger partial charge >= 0.3 is 0 Å². The lowest BCUT2D eigenvalue weighted by Gasteiger charge is -2.38. The molecule has 4 heteroatoms. The van der Waals surface area contributed by atoms with Gasteiger partial charge in [0.25, 0.3) is 0 Å². The number of hydrogen-bond acceptors (Lipinski definition) is 2. The Labute approximate surface area is 161 Å². The van der Waals surface area contributed by atoms with Gasteiger partial charge in [0.1, 0.15) is 6.10 Å². The number of benzene rings is 2. The molecule has 2 nitrogen and oxygen atoms in total. The van der Waals surface area contributed by atoms with Gasteiger partial charge in [0.2, 0.25) is 0 Å². The van der Waals surface area contributed by atoms with Crippen molar-refractivity contribution in [2.45, 2.75) is 50.0 Å². The highest BCUT2D eigenvalue weighted by Gasteiger charge is 2.39. The maximum absolute atomic E-state index is 6.66. The van der Waals surface area contributed by atoms with Crippen molar-refractivity contribution in [3.05, 3.63) is 70.7 Å². The number of hydrogen-bond donors (Lipinski definition) is 0. The lowest BCUT2D eigenvalue weighted by molar-refractivity contribution is -0.0426. The Hall–Kier alpha value is -1.06. The molecule has 0 N–H and O–H groups in total. The Morgan fingerprint density at radius 1 is 0.920 bits per heavy atom. The molecule has 2 aliphatic rings. The van der Waals surface area contributed by atoms with Gasteiger partial charge in [-0.2, -0.15) is 0 Å². The molecule has 0 aliphatic carbocycles. The van der Waals surface area contributed by atoms with Crippen LogP contribution >= 0.6 is 24.0 Å². The first kappa shape index (κ1) is 18.7. The molecule has 2 fully saturated rings. The Kier molecular flexibility index (Phi) is 6.06. The molecule has 2 saturated heterocycles. The van der Waals surface area contributed by atoms with Gasteiger partial charge in [-0.3, -0.25) is 0 Å². The van der Waals surface area contributed by atoms with Crippen molar-refractivity contribution in [3.63, 3.8) is 0 Å². The first-order valence-electron chi connectivity index (χ1n) is 8.88. The van der Waals surface area contributed by atoms with Gasteiger partial charge in [-0.25, -0.2) is 0 Å². The predicted octanol–water partition coefficient (Wildman–Crippen LogP) is 5.49. The maximum atomic E-state index is 6.66. The Morgan fingerprint density at radius 3 is 2.08 bits per heavy atom. The van der Waals surface area contributed by atoms with Crippen molar-refractivity contribution in [1.29, 1.82) is 0 Å². The number of fused-ring (bicyclic) bond motifs is 2. The van der Waals surface area contributed by atoms with Gasteiger partial charge in [0.05, 0.1) is 6.10 Å². The van der Waals surface area contributed by atoms with Crippen molar-refractivity contribution in [2.24, 2.45) is 0 Å². The number of nitrogens with zero attached hydrogens (tertiary/aromatic N) is 1. The standard InChI is InChI=1S/C21H24ClNO.ClH/c1-23-18-11-12-19(23)14-20(13-18)24-21(15-5-3-2-4-6-15)16-7-9-17(22)10-8-16;/h2-10,18-21H,11-14H2,1H3;1H. The van der Waals surface area contributed by atoms with E-state index in [1.807, 2.05) is 12.1 Å². The summed E-state index contributed by atoms with van der Waals surface area (Å²) in [6, 6.07) is 20.0. The molecule has 0 spiro atoms. The maximum Gasteiger partial charge on any atom is 0.108 e. The van der Waals surface area contributed by atoms with Crippen LogP contribution in [-0.4, -0.2) is 30.1 Å². The van der Waals surface area contributed by atoms with Crippen LogP contribution in [0.1, 0.15) is 42.9 Å². The van der Waals surface area contributed by atoms with Crippen LogP contribution in [0.3, 0.4) is 0 Å². The van der Waals surface area contributed by atoms with E-state index in [-0.39, 0.29) is 18.5 Å². The molecule has 0 radical (unpaired) electrons. The minimum atomic E-state index is -0.0173. The summed E-state index contributed by atoms with van der Waals surface area (Å²) in [5.41, 5.74) is 2.39. The van der Waals surface area contributed by atoms with Crippen LogP contribution in [0.25, 0.3) is 0 Å². The summed E-state index contributed by atoms with van der Waals surface area (Å²) in [6.07, 6.45) is 5.24. The van der Waals surface area contributed by atoms with E-state index in [2.05, 4.69) is 54.4 Å². The Bertz CT molecular complexity index is 662. The highest BCUT2D eigenvalue weighted by molar-refractivity contribution is 6.30. The summed E-state index contributed by atoms with van der Waals surface area (Å²) in [5, 5.41) is 0.767. The highest BCUT2D eigenvalue weighted by atomic mass is 35.5. The summed E-state index contributed by atoms with van der Waals surface area (Å²) >= 11 is 6.07. The van der Waals surface area contributed by atoms with Gasteiger partial charge in [-0.05, 0) is 56.0 Å². The number of ether oxygens (including phenoxy) is 1. The van der Waals surface area contributed by atoms with E-state index < -0.39 is 0 Å². The van der Waals surface area contributed by atoms with E-state index in [9.17, 15) is 0 Å². The molecule has 2 aromatic carbocycles. The van der Waals surface area contributed by atoms with Crippen LogP contribution in [0.5, 0.6) is 0 Å². The second-order valence-corrected chi connectivity index (χ2v) is 7.56. The normalized spacial score (nSPS) is 26.9. The molecule has 0 amide bonds. The Morgan fingerprint density at radius 2 is 1.48 bits per heavy atom. The third kappa shape index (κ3) is 4.03. The lowest BCUT2D eigenvalue weighted by Crippen LogP contribution is -2.43. The second-order valence-electron chi connectivity index (χ2n) is 7.12. The summed E-state index contributed by atoms with van der Waals surface area (Å²) in [5.74, 6) is 0. The molecule has 25 heavy (non-hydrogen) atoms. The van der Waals surface area contributed by atoms with E-state index in [0.29, 0.717) is 18.2 Å². The van der Waals surface area contributed by atoms with Crippen LogP contribution in [-0.2, 0) is 4.74 Å². The van der Waals surface area contributed by atoms with Crippen LogP contribution in [0, 0.1) is 0 Å². The monoisotopic (exact) mass is 377 g/mol. The van der Waals surface area contributed by atoms with E-state index in [0.717, 1.165) is 17.9 Å². The molecule has 2 heterocycles. The zero-order valence-corrected chi connectivity index (χ0v) is 16.0. The van der Waals surface area contributed by atoms with E-state index in [1.165, 1.54) is 24.0 Å². The fourth-order valence-electron chi connectivity index (χ4n) is 4.28. The van der Waals surface area contributed by atoms with Crippen molar-refractivity contribution in [2.75, 3.05) is 7.05 Å². The molecular weight excluding hydrogens is 353 g/mol. The molecule has 2 aliphatic heterocycles. The second kappa shape index (κ2) is 8.09. The van der Waals surface area contributed by atoms with Crippen molar-refractivity contribution in [1.82, 2.24) is 4.90 Å². The van der Waals surface area contributed by atoms with E-state index in [1.54, 1.807) is 0 Å². The van der Waals surface area contributed by atoms with Gasteiger partial charge in [0.15, 0.2) is 0 Å². The summed E-state index contributed by atoms with van der Waals surface area (Å²) in [4.78, 5) is 2.56. The fourth-order valence-corrected chi connectivity index (χ4v) is 4.41. The molecule has 4 rings (SSSR count). The minimum Gasteiger partial charge on any atom is -0.365 e. The molecule has 0 saturated carbocycles. The average molecular weight is 378 g/mol. The van der Waals surface area contributed by atoms with E-state index >= 15 is 0 Å². The van der Waals surface area contributed by atoms with Gasteiger partial charge < -0.3 is 9.64 Å². The summed E-state index contributed by atoms with van der Waals surface area (Å²) < 4.78 is 6.66. The van der Waals surface area contributed by atoms with Crippen molar-refractivity contribution >= 4 is 24.0 Å². The van der Waals surface area contributed by atoms with E-state index in [4.69, 9.17) is 16.3 Å².